The maximum atomic E-state index is 12.9. The number of anilines is 2. The van der Waals surface area contributed by atoms with Crippen LogP contribution in [0.3, 0.4) is 0 Å². The number of sulfonamides is 1. The molecule has 0 saturated carbocycles. The quantitative estimate of drug-likeness (QED) is 0.765. The third kappa shape index (κ3) is 3.88. The molecular weight excluding hydrogens is 404 g/mol. The molecule has 0 spiro atoms. The van der Waals surface area contributed by atoms with E-state index in [1.165, 1.54) is 32.4 Å². The standard InChI is InChI=1S/C19H21ClN2O5S/c1-12-9-13(6-7-16(12)22-8-4-5-19(22)23)28(24,25)21-15-11-17(26-2)14(20)10-18(15)27-3/h6-7,9-11,21H,4-5,8H2,1-3H3. The fourth-order valence-electron chi connectivity index (χ4n) is 3.14. The zero-order chi connectivity index (χ0) is 20.5. The van der Waals surface area contributed by atoms with Crippen molar-refractivity contribution in [2.45, 2.75) is 24.7 Å². The number of carbonyl (C=O) groups excluding carboxylic acids is 1. The molecule has 0 aliphatic carbocycles. The van der Waals surface area contributed by atoms with E-state index >= 15 is 0 Å². The third-order valence-electron chi connectivity index (χ3n) is 4.56. The number of hydrogen-bond acceptors (Lipinski definition) is 5. The van der Waals surface area contributed by atoms with Gasteiger partial charge in [0.2, 0.25) is 5.91 Å². The molecular formula is C19H21ClN2O5S. The van der Waals surface area contributed by atoms with Crippen LogP contribution in [-0.2, 0) is 14.8 Å². The fourth-order valence-corrected chi connectivity index (χ4v) is 4.52. The predicted molar refractivity (Wildman–Crippen MR) is 108 cm³/mol. The van der Waals surface area contributed by atoms with Crippen LogP contribution in [0.25, 0.3) is 0 Å². The van der Waals surface area contributed by atoms with Crippen LogP contribution in [-0.4, -0.2) is 35.1 Å². The second-order valence-electron chi connectivity index (χ2n) is 6.39. The Morgan fingerprint density at radius 3 is 2.39 bits per heavy atom. The van der Waals surface area contributed by atoms with Crippen LogP contribution in [0.4, 0.5) is 11.4 Å². The average Bonchev–Trinajstić information content (AvgIpc) is 3.08. The minimum atomic E-state index is -3.89. The summed E-state index contributed by atoms with van der Waals surface area (Å²) in [7, 11) is -1.04. The highest BCUT2D eigenvalue weighted by Crippen LogP contribution is 2.37. The number of carbonyl (C=O) groups is 1. The first-order chi connectivity index (χ1) is 13.3. The van der Waals surface area contributed by atoms with E-state index in [-0.39, 0.29) is 22.2 Å². The van der Waals surface area contributed by atoms with Gasteiger partial charge in [0.15, 0.2) is 0 Å². The Bertz CT molecular complexity index is 1020. The molecule has 0 unspecified atom stereocenters. The molecule has 7 nitrogen and oxygen atoms in total. The van der Waals surface area contributed by atoms with E-state index in [2.05, 4.69) is 4.72 Å². The van der Waals surface area contributed by atoms with Crippen molar-refractivity contribution in [2.75, 3.05) is 30.4 Å². The second-order valence-corrected chi connectivity index (χ2v) is 8.48. The topological polar surface area (TPSA) is 84.9 Å². The smallest absolute Gasteiger partial charge is 0.262 e. The molecule has 3 rings (SSSR count). The van der Waals surface area contributed by atoms with Gasteiger partial charge >= 0.3 is 0 Å². The lowest BCUT2D eigenvalue weighted by Gasteiger charge is -2.19. The molecule has 1 saturated heterocycles. The second kappa shape index (κ2) is 7.89. The highest BCUT2D eigenvalue weighted by Gasteiger charge is 2.25. The minimum Gasteiger partial charge on any atom is -0.495 e. The molecule has 2 aromatic carbocycles. The van der Waals surface area contributed by atoms with Crippen molar-refractivity contribution >= 4 is 38.9 Å². The van der Waals surface area contributed by atoms with Gasteiger partial charge in [-0.05, 0) is 37.1 Å². The lowest BCUT2D eigenvalue weighted by Crippen LogP contribution is -2.24. The summed E-state index contributed by atoms with van der Waals surface area (Å²) in [5, 5.41) is 0.303. The Morgan fingerprint density at radius 1 is 1.11 bits per heavy atom. The zero-order valence-electron chi connectivity index (χ0n) is 15.8. The van der Waals surface area contributed by atoms with E-state index < -0.39 is 10.0 Å². The molecule has 150 valence electrons. The molecule has 0 atom stereocenters. The summed E-state index contributed by atoms with van der Waals surface area (Å²) >= 11 is 6.07. The first-order valence-electron chi connectivity index (χ1n) is 8.62. The van der Waals surface area contributed by atoms with Crippen LogP contribution in [0.5, 0.6) is 11.5 Å². The monoisotopic (exact) mass is 424 g/mol. The molecule has 1 fully saturated rings. The molecule has 0 aromatic heterocycles. The van der Waals surface area contributed by atoms with Gasteiger partial charge in [-0.15, -0.1) is 0 Å². The van der Waals surface area contributed by atoms with Crippen molar-refractivity contribution < 1.29 is 22.7 Å². The normalized spacial score (nSPS) is 14.3. The summed E-state index contributed by atoms with van der Waals surface area (Å²) in [5.74, 6) is 0.638. The van der Waals surface area contributed by atoms with Crippen molar-refractivity contribution in [3.05, 3.63) is 40.9 Å². The molecule has 1 aliphatic rings. The number of nitrogens with zero attached hydrogens (tertiary/aromatic N) is 1. The first kappa shape index (κ1) is 20.3. The Labute approximate surface area is 169 Å². The number of halogens is 1. The van der Waals surface area contributed by atoms with Crippen molar-refractivity contribution in [2.24, 2.45) is 0 Å². The maximum Gasteiger partial charge on any atom is 0.262 e. The Morgan fingerprint density at radius 2 is 1.82 bits per heavy atom. The molecule has 9 heteroatoms. The minimum absolute atomic E-state index is 0.0508. The Hall–Kier alpha value is -2.45. The third-order valence-corrected chi connectivity index (χ3v) is 6.22. The van der Waals surface area contributed by atoms with Crippen LogP contribution in [0.1, 0.15) is 18.4 Å². The number of aryl methyl sites for hydroxylation is 1. The summed E-state index contributed by atoms with van der Waals surface area (Å²) in [6, 6.07) is 7.62. The first-order valence-corrected chi connectivity index (χ1v) is 10.5. The van der Waals surface area contributed by atoms with Crippen molar-refractivity contribution in [3.63, 3.8) is 0 Å². The molecule has 1 heterocycles. The number of nitrogens with one attached hydrogen (secondary N) is 1. The average molecular weight is 425 g/mol. The maximum absolute atomic E-state index is 12.9. The number of rotatable bonds is 6. The van der Waals surface area contributed by atoms with Gasteiger partial charge in [0.1, 0.15) is 11.5 Å². The van der Waals surface area contributed by atoms with E-state index in [4.69, 9.17) is 21.1 Å². The summed E-state index contributed by atoms with van der Waals surface area (Å²) in [6.45, 7) is 2.43. The summed E-state index contributed by atoms with van der Waals surface area (Å²) in [5.41, 5.74) is 1.64. The largest absolute Gasteiger partial charge is 0.495 e. The van der Waals surface area contributed by atoms with Crippen LogP contribution in [0, 0.1) is 6.92 Å². The highest BCUT2D eigenvalue weighted by molar-refractivity contribution is 7.92. The van der Waals surface area contributed by atoms with E-state index in [0.29, 0.717) is 29.3 Å². The van der Waals surface area contributed by atoms with Gasteiger partial charge in [-0.3, -0.25) is 9.52 Å². The van der Waals surface area contributed by atoms with E-state index in [9.17, 15) is 13.2 Å². The molecule has 1 N–H and O–H groups in total. The summed E-state index contributed by atoms with van der Waals surface area (Å²) < 4.78 is 38.6. The van der Waals surface area contributed by atoms with Gasteiger partial charge in [0, 0.05) is 30.8 Å². The molecule has 0 radical (unpaired) electrons. The van der Waals surface area contributed by atoms with Crippen LogP contribution >= 0.6 is 11.6 Å². The zero-order valence-corrected chi connectivity index (χ0v) is 17.4. The molecule has 28 heavy (non-hydrogen) atoms. The van der Waals surface area contributed by atoms with Crippen LogP contribution in [0.2, 0.25) is 5.02 Å². The van der Waals surface area contributed by atoms with Gasteiger partial charge in [0.25, 0.3) is 10.0 Å². The number of ether oxygens (including phenoxy) is 2. The van der Waals surface area contributed by atoms with Gasteiger partial charge in [0.05, 0.1) is 29.8 Å². The SMILES string of the molecule is COc1cc(NS(=O)(=O)c2ccc(N3CCCC3=O)c(C)c2)c(OC)cc1Cl. The van der Waals surface area contributed by atoms with Crippen molar-refractivity contribution in [1.82, 2.24) is 0 Å². The highest BCUT2D eigenvalue weighted by atomic mass is 35.5. The van der Waals surface area contributed by atoms with E-state index in [0.717, 1.165) is 12.1 Å². The van der Waals surface area contributed by atoms with Crippen molar-refractivity contribution in [3.8, 4) is 11.5 Å². The number of methoxy groups -OCH3 is 2. The predicted octanol–water partition coefficient (Wildman–Crippen LogP) is 3.59. The molecule has 2 aromatic rings. The summed E-state index contributed by atoms with van der Waals surface area (Å²) in [4.78, 5) is 13.7. The van der Waals surface area contributed by atoms with E-state index in [1.807, 2.05) is 0 Å². The molecule has 1 aliphatic heterocycles. The van der Waals surface area contributed by atoms with Crippen LogP contribution in [0.15, 0.2) is 35.2 Å². The van der Waals surface area contributed by atoms with Crippen LogP contribution < -0.4 is 19.1 Å². The van der Waals surface area contributed by atoms with Crippen molar-refractivity contribution in [1.29, 1.82) is 0 Å². The number of amides is 1. The molecule has 1 amide bonds. The fraction of sp³-hybridized carbons (Fsp3) is 0.316. The number of hydrogen-bond donors (Lipinski definition) is 1. The van der Waals surface area contributed by atoms with Gasteiger partial charge in [-0.2, -0.15) is 0 Å². The Kier molecular flexibility index (Phi) is 5.71. The van der Waals surface area contributed by atoms with Gasteiger partial charge in [-0.1, -0.05) is 11.6 Å². The lowest BCUT2D eigenvalue weighted by atomic mass is 10.2. The van der Waals surface area contributed by atoms with Gasteiger partial charge in [-0.25, -0.2) is 8.42 Å². The number of benzene rings is 2. The molecule has 0 bridgehead atoms. The Balaban J connectivity index is 1.93. The van der Waals surface area contributed by atoms with Gasteiger partial charge < -0.3 is 14.4 Å². The van der Waals surface area contributed by atoms with E-state index in [1.54, 1.807) is 24.0 Å². The lowest BCUT2D eigenvalue weighted by molar-refractivity contribution is -0.117. The summed E-state index contributed by atoms with van der Waals surface area (Å²) in [6.07, 6.45) is 1.32.